The number of fused-ring (bicyclic) bond motifs is 1. The van der Waals surface area contributed by atoms with Crippen molar-refractivity contribution in [1.29, 1.82) is 0 Å². The predicted molar refractivity (Wildman–Crippen MR) is 132 cm³/mol. The van der Waals surface area contributed by atoms with E-state index < -0.39 is 11.2 Å². The summed E-state index contributed by atoms with van der Waals surface area (Å²) in [5, 5.41) is 3.46. The van der Waals surface area contributed by atoms with E-state index in [-0.39, 0.29) is 17.9 Å². The molecule has 0 radical (unpaired) electrons. The van der Waals surface area contributed by atoms with Crippen LogP contribution in [-0.2, 0) is 16.1 Å². The lowest BCUT2D eigenvalue weighted by atomic mass is 9.95. The normalized spacial score (nSPS) is 20.8. The molecule has 0 spiro atoms. The molecule has 1 heterocycles. The van der Waals surface area contributed by atoms with Crippen molar-refractivity contribution in [2.75, 3.05) is 4.90 Å². The van der Waals surface area contributed by atoms with Crippen molar-refractivity contribution in [3.8, 4) is 0 Å². The number of halogens is 1. The molecule has 170 valence electrons. The molecular formula is C26H31ClN2O2S. The first kappa shape index (κ1) is 23.2. The number of thioether (sulfide) groups is 1. The van der Waals surface area contributed by atoms with Crippen molar-refractivity contribution < 1.29 is 9.59 Å². The van der Waals surface area contributed by atoms with Gasteiger partial charge in [-0.1, -0.05) is 74.9 Å². The first-order chi connectivity index (χ1) is 15.5. The van der Waals surface area contributed by atoms with Gasteiger partial charge in [0.05, 0.1) is 18.2 Å². The highest BCUT2D eigenvalue weighted by atomic mass is 35.5. The fraction of sp³-hybridized carbons (Fsp3) is 0.462. The Morgan fingerprint density at radius 3 is 2.56 bits per heavy atom. The molecule has 6 heteroatoms. The monoisotopic (exact) mass is 470 g/mol. The van der Waals surface area contributed by atoms with Gasteiger partial charge in [-0.3, -0.25) is 9.59 Å². The molecule has 32 heavy (non-hydrogen) atoms. The topological polar surface area (TPSA) is 49.4 Å². The number of benzene rings is 2. The number of hydrogen-bond donors (Lipinski definition) is 1. The van der Waals surface area contributed by atoms with Crippen LogP contribution in [0.25, 0.3) is 0 Å². The highest BCUT2D eigenvalue weighted by Gasteiger charge is 2.39. The van der Waals surface area contributed by atoms with Gasteiger partial charge in [-0.15, -0.1) is 11.8 Å². The van der Waals surface area contributed by atoms with Crippen LogP contribution in [0.1, 0.15) is 57.4 Å². The molecule has 0 unspecified atom stereocenters. The van der Waals surface area contributed by atoms with Crippen LogP contribution in [0, 0.1) is 5.92 Å². The third-order valence-corrected chi connectivity index (χ3v) is 8.17. The molecule has 2 aromatic rings. The second-order valence-corrected chi connectivity index (χ2v) is 10.5. The van der Waals surface area contributed by atoms with Gasteiger partial charge in [0.25, 0.3) is 0 Å². The van der Waals surface area contributed by atoms with Crippen LogP contribution in [0.5, 0.6) is 0 Å². The number of rotatable bonds is 5. The minimum atomic E-state index is -0.447. The van der Waals surface area contributed by atoms with E-state index in [1.165, 1.54) is 31.0 Å². The summed E-state index contributed by atoms with van der Waals surface area (Å²) in [5.41, 5.74) is 1.87. The molecule has 0 aromatic heterocycles. The average molecular weight is 471 g/mol. The van der Waals surface area contributed by atoms with Crippen LogP contribution in [0.2, 0.25) is 5.02 Å². The zero-order chi connectivity index (χ0) is 22.5. The van der Waals surface area contributed by atoms with Crippen molar-refractivity contribution in [3.63, 3.8) is 0 Å². The quantitative estimate of drug-likeness (QED) is 0.564. The summed E-state index contributed by atoms with van der Waals surface area (Å²) in [7, 11) is 0. The number of carbonyl (C=O) groups excluding carboxylic acids is 2. The van der Waals surface area contributed by atoms with Gasteiger partial charge >= 0.3 is 0 Å². The Balaban J connectivity index is 1.52. The van der Waals surface area contributed by atoms with Crippen LogP contribution < -0.4 is 10.2 Å². The van der Waals surface area contributed by atoms with Crippen LogP contribution in [0.15, 0.2) is 53.4 Å². The number of carbonyl (C=O) groups is 2. The van der Waals surface area contributed by atoms with Crippen LogP contribution >= 0.6 is 23.4 Å². The van der Waals surface area contributed by atoms with Gasteiger partial charge < -0.3 is 10.2 Å². The first-order valence-electron chi connectivity index (χ1n) is 11.6. The largest absolute Gasteiger partial charge is 0.353 e. The lowest BCUT2D eigenvalue weighted by molar-refractivity contribution is -0.129. The molecule has 4 nitrogen and oxygen atoms in total. The number of anilines is 1. The summed E-state index contributed by atoms with van der Waals surface area (Å²) in [4.78, 5) is 29.6. The molecule has 4 rings (SSSR count). The molecule has 1 fully saturated rings. The van der Waals surface area contributed by atoms with Gasteiger partial charge in [-0.2, -0.15) is 0 Å². The van der Waals surface area contributed by atoms with Gasteiger partial charge in [-0.05, 0) is 42.7 Å². The number of nitrogens with zero attached hydrogens (tertiary/aromatic N) is 1. The summed E-state index contributed by atoms with van der Waals surface area (Å²) in [6.07, 6.45) is 8.19. The Morgan fingerprint density at radius 1 is 1.09 bits per heavy atom. The molecule has 2 aliphatic rings. The Morgan fingerprint density at radius 2 is 1.81 bits per heavy atom. The zero-order valence-corrected chi connectivity index (χ0v) is 20.1. The third kappa shape index (κ3) is 5.49. The third-order valence-electron chi connectivity index (χ3n) is 6.47. The van der Waals surface area contributed by atoms with E-state index >= 15 is 0 Å². The SMILES string of the molecule is C[C@H](C(=O)NC1CCCCCCC1)[C@H]1Sc2ccccc2N(Cc2cccc(Cl)c2)C1=O. The van der Waals surface area contributed by atoms with Gasteiger partial charge in [0.1, 0.15) is 5.25 Å². The summed E-state index contributed by atoms with van der Waals surface area (Å²) >= 11 is 7.68. The van der Waals surface area contributed by atoms with E-state index in [2.05, 4.69) is 5.32 Å². The fourth-order valence-electron chi connectivity index (χ4n) is 4.61. The van der Waals surface area contributed by atoms with Crippen molar-refractivity contribution in [2.45, 2.75) is 74.6 Å². The number of para-hydroxylation sites is 1. The molecule has 1 saturated carbocycles. The van der Waals surface area contributed by atoms with E-state index in [1.807, 2.05) is 60.4 Å². The van der Waals surface area contributed by atoms with Crippen LogP contribution in [0.4, 0.5) is 5.69 Å². The summed E-state index contributed by atoms with van der Waals surface area (Å²) in [5.74, 6) is -0.439. The van der Waals surface area contributed by atoms with Crippen molar-refractivity contribution in [2.24, 2.45) is 5.92 Å². The molecular weight excluding hydrogens is 440 g/mol. The maximum Gasteiger partial charge on any atom is 0.241 e. The maximum atomic E-state index is 13.6. The summed E-state index contributed by atoms with van der Waals surface area (Å²) in [6.45, 7) is 2.32. The molecule has 0 saturated heterocycles. The lowest BCUT2D eigenvalue weighted by Crippen LogP contribution is -2.48. The van der Waals surface area contributed by atoms with Gasteiger partial charge in [0, 0.05) is 16.0 Å². The molecule has 1 N–H and O–H groups in total. The zero-order valence-electron chi connectivity index (χ0n) is 18.6. The van der Waals surface area contributed by atoms with Crippen LogP contribution in [-0.4, -0.2) is 23.1 Å². The molecule has 2 amide bonds. The standard InChI is InChI=1S/C26H31ClN2O2S/c1-18(25(30)28-21-12-5-3-2-4-6-13-21)24-26(31)29(17-19-10-9-11-20(27)16-19)22-14-7-8-15-23(22)32-24/h7-11,14-16,18,21,24H,2-6,12-13,17H2,1H3,(H,28,30)/t18-,24+/m0/s1. The minimum Gasteiger partial charge on any atom is -0.353 e. The molecule has 0 bridgehead atoms. The van der Waals surface area contributed by atoms with E-state index in [0.29, 0.717) is 11.6 Å². The predicted octanol–water partition coefficient (Wildman–Crippen LogP) is 6.21. The molecule has 1 aliphatic heterocycles. The molecule has 2 aromatic carbocycles. The number of amides is 2. The second kappa shape index (κ2) is 10.8. The van der Waals surface area contributed by atoms with Crippen molar-refractivity contribution >= 4 is 40.9 Å². The van der Waals surface area contributed by atoms with Gasteiger partial charge in [-0.25, -0.2) is 0 Å². The number of nitrogens with one attached hydrogen (secondary N) is 1. The average Bonchev–Trinajstić information content (AvgIpc) is 2.76. The Hall–Kier alpha value is -1.98. The minimum absolute atomic E-state index is 0.0106. The molecule has 2 atom stereocenters. The van der Waals surface area contributed by atoms with E-state index in [4.69, 9.17) is 11.6 Å². The van der Waals surface area contributed by atoms with Crippen molar-refractivity contribution in [1.82, 2.24) is 5.32 Å². The smallest absolute Gasteiger partial charge is 0.241 e. The Kier molecular flexibility index (Phi) is 7.80. The van der Waals surface area contributed by atoms with Gasteiger partial charge in [0.2, 0.25) is 11.8 Å². The summed E-state index contributed by atoms with van der Waals surface area (Å²) in [6, 6.07) is 15.8. The first-order valence-corrected chi connectivity index (χ1v) is 12.9. The summed E-state index contributed by atoms with van der Waals surface area (Å²) < 4.78 is 0. The second-order valence-electron chi connectivity index (χ2n) is 8.90. The van der Waals surface area contributed by atoms with Crippen LogP contribution in [0.3, 0.4) is 0 Å². The van der Waals surface area contributed by atoms with Crippen molar-refractivity contribution in [3.05, 3.63) is 59.1 Å². The highest BCUT2D eigenvalue weighted by Crippen LogP contribution is 2.42. The highest BCUT2D eigenvalue weighted by molar-refractivity contribution is 8.01. The fourth-order valence-corrected chi connectivity index (χ4v) is 6.11. The maximum absolute atomic E-state index is 13.6. The Labute approximate surface area is 200 Å². The molecule has 1 aliphatic carbocycles. The van der Waals surface area contributed by atoms with Gasteiger partial charge in [0.15, 0.2) is 0 Å². The lowest BCUT2D eigenvalue weighted by Gasteiger charge is -2.36. The Bertz CT molecular complexity index is 958. The van der Waals surface area contributed by atoms with E-state index in [0.717, 1.165) is 41.8 Å². The van der Waals surface area contributed by atoms with E-state index in [9.17, 15) is 9.59 Å². The van der Waals surface area contributed by atoms with E-state index in [1.54, 1.807) is 0 Å². The number of hydrogen-bond acceptors (Lipinski definition) is 3.